The third-order valence-corrected chi connectivity index (χ3v) is 7.27. The molecule has 7 nitrogen and oxygen atoms in total. The lowest BCUT2D eigenvalue weighted by atomic mass is 9.96. The fourth-order valence-electron chi connectivity index (χ4n) is 4.87. The van der Waals surface area contributed by atoms with Crippen molar-refractivity contribution in [2.75, 3.05) is 25.2 Å². The first-order valence-electron chi connectivity index (χ1n) is 12.1. The van der Waals surface area contributed by atoms with Gasteiger partial charge in [-0.25, -0.2) is 0 Å². The van der Waals surface area contributed by atoms with Gasteiger partial charge in [0, 0.05) is 30.4 Å². The molecule has 4 heterocycles. The minimum absolute atomic E-state index is 0.143. The number of halogens is 1. The molecule has 0 unspecified atom stereocenters. The minimum Gasteiger partial charge on any atom is -0.490 e. The maximum atomic E-state index is 6.64. The minimum atomic E-state index is -0.150. The summed E-state index contributed by atoms with van der Waals surface area (Å²) in [4.78, 5) is 6.79. The summed E-state index contributed by atoms with van der Waals surface area (Å²) in [6.45, 7) is 5.82. The van der Waals surface area contributed by atoms with Gasteiger partial charge < -0.3 is 28.7 Å². The number of rotatable bonds is 9. The van der Waals surface area contributed by atoms with Crippen LogP contribution in [0.4, 0.5) is 5.69 Å². The number of aromatic nitrogens is 2. The number of methoxy groups -OCH3 is 1. The maximum absolute atomic E-state index is 6.64. The van der Waals surface area contributed by atoms with E-state index >= 15 is 0 Å². The van der Waals surface area contributed by atoms with Gasteiger partial charge in [0.05, 0.1) is 42.2 Å². The highest BCUT2D eigenvalue weighted by Gasteiger charge is 2.42. The Hall–Kier alpha value is -3.33. The van der Waals surface area contributed by atoms with Crippen LogP contribution < -0.4 is 15.0 Å². The Morgan fingerprint density at radius 2 is 1.97 bits per heavy atom. The monoisotopic (exact) mass is 536 g/mol. The van der Waals surface area contributed by atoms with Crippen LogP contribution in [0.3, 0.4) is 0 Å². The Morgan fingerprint density at radius 1 is 1.11 bits per heavy atom. The molecule has 1 N–H and O–H groups in total. The normalized spacial score (nSPS) is 17.3. The molecule has 0 spiro atoms. The van der Waals surface area contributed by atoms with E-state index in [1.807, 2.05) is 54.7 Å². The Bertz CT molecular complexity index is 1370. The van der Waals surface area contributed by atoms with Crippen molar-refractivity contribution in [3.8, 4) is 5.75 Å². The highest BCUT2D eigenvalue weighted by molar-refractivity contribution is 7.80. The molecule has 1 fully saturated rings. The predicted octanol–water partition coefficient (Wildman–Crippen LogP) is 6.00. The summed E-state index contributed by atoms with van der Waals surface area (Å²) in [6.07, 6.45) is 3.51. The van der Waals surface area contributed by atoms with E-state index in [-0.39, 0.29) is 12.1 Å². The van der Waals surface area contributed by atoms with Crippen LogP contribution >= 0.6 is 23.8 Å². The molecule has 1 aliphatic heterocycles. The van der Waals surface area contributed by atoms with Gasteiger partial charge in [0.15, 0.2) is 5.11 Å². The molecule has 3 aromatic heterocycles. The number of benzene rings is 1. The number of aryl methyl sites for hydroxylation is 1. The van der Waals surface area contributed by atoms with Crippen molar-refractivity contribution < 1.29 is 13.9 Å². The van der Waals surface area contributed by atoms with Gasteiger partial charge in [0.25, 0.3) is 0 Å². The number of anilines is 1. The van der Waals surface area contributed by atoms with E-state index in [4.69, 9.17) is 37.7 Å². The predicted molar refractivity (Wildman–Crippen MR) is 148 cm³/mol. The van der Waals surface area contributed by atoms with Gasteiger partial charge in [0.1, 0.15) is 18.1 Å². The first-order chi connectivity index (χ1) is 18.0. The Balaban J connectivity index is 1.56. The molecule has 192 valence electrons. The van der Waals surface area contributed by atoms with Crippen molar-refractivity contribution in [2.45, 2.75) is 32.5 Å². The van der Waals surface area contributed by atoms with Crippen LogP contribution in [0.15, 0.2) is 71.5 Å². The van der Waals surface area contributed by atoms with Crippen molar-refractivity contribution in [3.05, 3.63) is 100 Å². The summed E-state index contributed by atoms with van der Waals surface area (Å²) < 4.78 is 18.7. The first kappa shape index (κ1) is 25.3. The summed E-state index contributed by atoms with van der Waals surface area (Å²) in [5, 5.41) is 4.65. The lowest BCUT2D eigenvalue weighted by Gasteiger charge is -2.28. The van der Waals surface area contributed by atoms with Gasteiger partial charge in [-0.1, -0.05) is 17.7 Å². The van der Waals surface area contributed by atoms with Crippen molar-refractivity contribution in [1.29, 1.82) is 0 Å². The van der Waals surface area contributed by atoms with E-state index in [1.165, 1.54) is 0 Å². The van der Waals surface area contributed by atoms with E-state index in [2.05, 4.69) is 39.7 Å². The second-order valence-electron chi connectivity index (χ2n) is 8.94. The molecule has 1 aromatic carbocycles. The van der Waals surface area contributed by atoms with Crippen LogP contribution in [0, 0.1) is 13.8 Å². The average molecular weight is 537 g/mol. The van der Waals surface area contributed by atoms with Crippen molar-refractivity contribution in [2.24, 2.45) is 0 Å². The lowest BCUT2D eigenvalue weighted by molar-refractivity contribution is 0.146. The number of nitrogens with one attached hydrogen (secondary N) is 1. The van der Waals surface area contributed by atoms with Gasteiger partial charge in [0.2, 0.25) is 0 Å². The molecule has 37 heavy (non-hydrogen) atoms. The second kappa shape index (κ2) is 11.0. The van der Waals surface area contributed by atoms with Crippen molar-refractivity contribution in [3.63, 3.8) is 0 Å². The second-order valence-corrected chi connectivity index (χ2v) is 9.74. The van der Waals surface area contributed by atoms with Crippen LogP contribution in [0.5, 0.6) is 5.75 Å². The Kier molecular flexibility index (Phi) is 7.50. The number of thiocarbonyl (C=S) groups is 1. The van der Waals surface area contributed by atoms with Crippen LogP contribution in [0.2, 0.25) is 5.02 Å². The third-order valence-electron chi connectivity index (χ3n) is 6.66. The molecule has 0 amide bonds. The van der Waals surface area contributed by atoms with Crippen LogP contribution in [-0.2, 0) is 11.3 Å². The van der Waals surface area contributed by atoms with E-state index in [1.54, 1.807) is 13.4 Å². The van der Waals surface area contributed by atoms with E-state index < -0.39 is 0 Å². The largest absolute Gasteiger partial charge is 0.490 e. The summed E-state index contributed by atoms with van der Waals surface area (Å²) in [6, 6.07) is 17.5. The quantitative estimate of drug-likeness (QED) is 0.208. The van der Waals surface area contributed by atoms with Gasteiger partial charge in [-0.3, -0.25) is 4.98 Å². The van der Waals surface area contributed by atoms with E-state index in [0.717, 1.165) is 34.1 Å². The van der Waals surface area contributed by atoms with Crippen LogP contribution in [0.1, 0.15) is 40.5 Å². The number of pyridine rings is 1. The Morgan fingerprint density at radius 3 is 2.68 bits per heavy atom. The van der Waals surface area contributed by atoms with Crippen LogP contribution in [0.25, 0.3) is 0 Å². The Labute approximate surface area is 227 Å². The average Bonchev–Trinajstić information content (AvgIpc) is 3.60. The summed E-state index contributed by atoms with van der Waals surface area (Å²) in [7, 11) is 1.64. The van der Waals surface area contributed by atoms with Gasteiger partial charge in [-0.2, -0.15) is 0 Å². The summed E-state index contributed by atoms with van der Waals surface area (Å²) in [5.74, 6) is 1.51. The van der Waals surface area contributed by atoms with Gasteiger partial charge in [-0.05, 0) is 80.2 Å². The fraction of sp³-hybridized carbons (Fsp3) is 0.286. The van der Waals surface area contributed by atoms with Crippen LogP contribution in [-0.4, -0.2) is 35.0 Å². The van der Waals surface area contributed by atoms with Gasteiger partial charge >= 0.3 is 0 Å². The molecular formula is C28H29ClN4O3S. The molecule has 0 saturated carbocycles. The summed E-state index contributed by atoms with van der Waals surface area (Å²) in [5.41, 5.74) is 5.23. The number of hydrogen-bond donors (Lipinski definition) is 1. The molecule has 9 heteroatoms. The molecule has 5 rings (SSSR count). The highest BCUT2D eigenvalue weighted by atomic mass is 35.5. The molecule has 1 saturated heterocycles. The zero-order valence-electron chi connectivity index (χ0n) is 21.0. The third kappa shape index (κ3) is 5.09. The highest BCUT2D eigenvalue weighted by Crippen LogP contribution is 2.44. The lowest BCUT2D eigenvalue weighted by Crippen LogP contribution is -2.29. The topological polar surface area (TPSA) is 64.7 Å². The zero-order valence-corrected chi connectivity index (χ0v) is 22.6. The smallest absolute Gasteiger partial charge is 0.174 e. The number of ether oxygens (including phenoxy) is 2. The fourth-order valence-corrected chi connectivity index (χ4v) is 5.44. The first-order valence-corrected chi connectivity index (χ1v) is 12.9. The van der Waals surface area contributed by atoms with Crippen molar-refractivity contribution >= 4 is 34.6 Å². The van der Waals surface area contributed by atoms with Gasteiger partial charge in [-0.15, -0.1) is 0 Å². The number of furan rings is 1. The maximum Gasteiger partial charge on any atom is 0.174 e. The molecule has 4 aromatic rings. The number of nitrogens with zero attached hydrogens (tertiary/aromatic N) is 3. The molecule has 0 aliphatic carbocycles. The summed E-state index contributed by atoms with van der Waals surface area (Å²) >= 11 is 12.5. The standard InChI is InChI=1S/C28H29ClN4O3S/c1-18-15-22(19(2)32(18)17-21-7-6-12-35-21)27-26(24-8-4-5-11-30-24)31-28(37)33(27)20-9-10-25(23(29)16-20)36-14-13-34-3/h4-12,15-16,26-27H,13-14,17H2,1-3H3,(H,31,37)/t26-,27-/m0/s1. The molecule has 1 aliphatic rings. The zero-order chi connectivity index (χ0) is 25.9. The molecule has 2 atom stereocenters. The molecule has 0 radical (unpaired) electrons. The van der Waals surface area contributed by atoms with E-state index in [0.29, 0.717) is 35.6 Å². The molecular weight excluding hydrogens is 508 g/mol. The molecule has 0 bridgehead atoms. The van der Waals surface area contributed by atoms with Crippen molar-refractivity contribution in [1.82, 2.24) is 14.9 Å². The van der Waals surface area contributed by atoms with E-state index in [9.17, 15) is 0 Å². The SMILES string of the molecule is COCCOc1ccc(N2C(=S)N[C@@H](c3ccccn3)[C@@H]2c2cc(C)n(Cc3ccco3)c2C)cc1Cl. The number of hydrogen-bond acceptors (Lipinski definition) is 5.